The van der Waals surface area contributed by atoms with Gasteiger partial charge >= 0.3 is 4.87 Å². The molecule has 98 valence electrons. The third-order valence-electron chi connectivity index (χ3n) is 2.25. The van der Waals surface area contributed by atoms with E-state index in [9.17, 15) is 14.9 Å². The Morgan fingerprint density at radius 2 is 2.44 bits per heavy atom. The zero-order valence-electron chi connectivity index (χ0n) is 9.53. The Balaban J connectivity index is 2.18. The standard InChI is InChI=1S/C8H11N5O4S/c1-11-4-17-5-12(7(11)10-13(15)16)3-6-2-9-8(14)18-6/h2H,3-5H2,1H3,(H,9,14)/b10-7+. The number of ether oxygens (including phenoxy) is 1. The van der Waals surface area contributed by atoms with Gasteiger partial charge in [-0.3, -0.25) is 4.79 Å². The molecule has 1 saturated heterocycles. The van der Waals surface area contributed by atoms with Crippen molar-refractivity contribution in [2.24, 2.45) is 5.10 Å². The second-order valence-corrected chi connectivity index (χ2v) is 4.74. The van der Waals surface area contributed by atoms with Crippen LogP contribution in [0.3, 0.4) is 0 Å². The lowest BCUT2D eigenvalue weighted by Crippen LogP contribution is -2.49. The van der Waals surface area contributed by atoms with Gasteiger partial charge in [-0.15, -0.1) is 0 Å². The average molecular weight is 273 g/mol. The van der Waals surface area contributed by atoms with Crippen molar-refractivity contribution in [1.29, 1.82) is 0 Å². The number of hydrazone groups is 1. The molecule has 9 nitrogen and oxygen atoms in total. The molecule has 0 unspecified atom stereocenters. The molecular formula is C8H11N5O4S. The third kappa shape index (κ3) is 2.84. The Bertz CT molecular complexity index is 524. The Morgan fingerprint density at radius 1 is 1.67 bits per heavy atom. The summed E-state index contributed by atoms with van der Waals surface area (Å²) < 4.78 is 5.25. The number of hydrogen-bond donors (Lipinski definition) is 1. The minimum absolute atomic E-state index is 0.163. The van der Waals surface area contributed by atoms with Crippen LogP contribution in [0.4, 0.5) is 0 Å². The van der Waals surface area contributed by atoms with Gasteiger partial charge < -0.3 is 19.5 Å². The quantitative estimate of drug-likeness (QED) is 0.597. The van der Waals surface area contributed by atoms with Gasteiger partial charge in [0.25, 0.3) is 5.96 Å². The van der Waals surface area contributed by atoms with Gasteiger partial charge in [-0.05, 0) is 0 Å². The highest BCUT2D eigenvalue weighted by Gasteiger charge is 2.25. The van der Waals surface area contributed by atoms with Gasteiger partial charge in [-0.2, -0.15) is 0 Å². The number of nitro groups is 1. The SMILES string of the molecule is CN1COCN(Cc2c[nH]c(=O)s2)/C1=N/[N+](=O)[O-]. The summed E-state index contributed by atoms with van der Waals surface area (Å²) in [6.07, 6.45) is 1.57. The zero-order chi connectivity index (χ0) is 13.1. The van der Waals surface area contributed by atoms with Crippen LogP contribution in [0.5, 0.6) is 0 Å². The molecule has 0 aromatic carbocycles. The van der Waals surface area contributed by atoms with Crippen molar-refractivity contribution in [3.05, 3.63) is 30.9 Å². The van der Waals surface area contributed by atoms with Crippen LogP contribution in [0.2, 0.25) is 0 Å². The number of rotatable bonds is 3. The second-order valence-electron chi connectivity index (χ2n) is 3.64. The molecule has 10 heteroatoms. The summed E-state index contributed by atoms with van der Waals surface area (Å²) in [4.78, 5) is 27.8. The molecule has 1 N–H and O–H groups in total. The first kappa shape index (κ1) is 12.5. The predicted octanol–water partition coefficient (Wildman–Crippen LogP) is -0.337. The van der Waals surface area contributed by atoms with Crippen molar-refractivity contribution in [2.75, 3.05) is 20.5 Å². The zero-order valence-corrected chi connectivity index (χ0v) is 10.3. The molecular weight excluding hydrogens is 262 g/mol. The van der Waals surface area contributed by atoms with Crippen LogP contribution in [0.1, 0.15) is 4.88 Å². The molecule has 0 atom stereocenters. The van der Waals surface area contributed by atoms with Crippen molar-refractivity contribution in [3.63, 3.8) is 0 Å². The summed E-state index contributed by atoms with van der Waals surface area (Å²) in [6, 6.07) is 0. The van der Waals surface area contributed by atoms with Crippen LogP contribution >= 0.6 is 11.3 Å². The number of nitrogens with one attached hydrogen (secondary N) is 1. The van der Waals surface area contributed by atoms with E-state index >= 15 is 0 Å². The van der Waals surface area contributed by atoms with E-state index in [4.69, 9.17) is 4.74 Å². The van der Waals surface area contributed by atoms with Gasteiger partial charge in [0.15, 0.2) is 5.03 Å². The molecule has 0 spiro atoms. The summed E-state index contributed by atoms with van der Waals surface area (Å²) in [5.41, 5.74) is 0. The van der Waals surface area contributed by atoms with Crippen LogP contribution in [-0.2, 0) is 11.3 Å². The van der Waals surface area contributed by atoms with E-state index < -0.39 is 5.03 Å². The summed E-state index contributed by atoms with van der Waals surface area (Å²) in [5.74, 6) is 0.215. The number of guanidine groups is 1. The molecule has 0 radical (unpaired) electrons. The van der Waals surface area contributed by atoms with E-state index in [2.05, 4.69) is 10.1 Å². The molecule has 1 aromatic rings. The normalized spacial score (nSPS) is 18.4. The average Bonchev–Trinajstić information content (AvgIpc) is 2.69. The summed E-state index contributed by atoms with van der Waals surface area (Å²) in [7, 11) is 1.65. The number of aromatic amines is 1. The van der Waals surface area contributed by atoms with Crippen LogP contribution in [0.25, 0.3) is 0 Å². The first-order valence-corrected chi connectivity index (χ1v) is 5.82. The highest BCUT2D eigenvalue weighted by atomic mass is 32.1. The molecule has 2 heterocycles. The van der Waals surface area contributed by atoms with E-state index in [1.807, 2.05) is 0 Å². The molecule has 2 rings (SSSR count). The highest BCUT2D eigenvalue weighted by Crippen LogP contribution is 2.12. The second kappa shape index (κ2) is 5.14. The summed E-state index contributed by atoms with van der Waals surface area (Å²) in [6.45, 7) is 0.774. The topological polar surface area (TPSA) is 104 Å². The van der Waals surface area contributed by atoms with Gasteiger partial charge in [-0.1, -0.05) is 11.3 Å². The van der Waals surface area contributed by atoms with Crippen LogP contribution in [-0.4, -0.2) is 46.3 Å². The van der Waals surface area contributed by atoms with Gasteiger partial charge in [0.2, 0.25) is 0 Å². The third-order valence-corrected chi connectivity index (χ3v) is 3.06. The molecule has 0 bridgehead atoms. The fourth-order valence-electron chi connectivity index (χ4n) is 1.56. The van der Waals surface area contributed by atoms with Gasteiger partial charge in [0, 0.05) is 18.1 Å². The molecule has 1 aliphatic heterocycles. The number of nitrogens with zero attached hydrogens (tertiary/aromatic N) is 4. The lowest BCUT2D eigenvalue weighted by Gasteiger charge is -2.34. The van der Waals surface area contributed by atoms with E-state index in [0.29, 0.717) is 6.54 Å². The number of hydrogen-bond acceptors (Lipinski definition) is 5. The van der Waals surface area contributed by atoms with Gasteiger partial charge in [0.1, 0.15) is 18.6 Å². The van der Waals surface area contributed by atoms with Crippen molar-refractivity contribution in [1.82, 2.24) is 14.8 Å². The number of H-pyrrole nitrogens is 1. The van der Waals surface area contributed by atoms with E-state index in [-0.39, 0.29) is 24.3 Å². The lowest BCUT2D eigenvalue weighted by atomic mass is 10.5. The largest absolute Gasteiger partial charge is 0.341 e. The number of aromatic nitrogens is 1. The molecule has 1 aromatic heterocycles. The van der Waals surface area contributed by atoms with Crippen LogP contribution < -0.4 is 4.87 Å². The lowest BCUT2D eigenvalue weighted by molar-refractivity contribution is -0.486. The van der Waals surface area contributed by atoms with E-state index in [1.54, 1.807) is 18.1 Å². The minimum Gasteiger partial charge on any atom is -0.341 e. The van der Waals surface area contributed by atoms with Crippen LogP contribution in [0, 0.1) is 10.1 Å². The summed E-state index contributed by atoms with van der Waals surface area (Å²) in [5, 5.41) is 13.1. The van der Waals surface area contributed by atoms with Crippen molar-refractivity contribution in [2.45, 2.75) is 6.54 Å². The van der Waals surface area contributed by atoms with Gasteiger partial charge in [0.05, 0.1) is 6.54 Å². The predicted molar refractivity (Wildman–Crippen MR) is 63.5 cm³/mol. The maximum Gasteiger partial charge on any atom is 0.304 e. The molecule has 18 heavy (non-hydrogen) atoms. The summed E-state index contributed by atoms with van der Waals surface area (Å²) >= 11 is 1.05. The Labute approximate surface area is 105 Å². The maximum atomic E-state index is 11.0. The van der Waals surface area contributed by atoms with E-state index in [1.165, 1.54) is 4.90 Å². The first-order chi connectivity index (χ1) is 8.56. The first-order valence-electron chi connectivity index (χ1n) is 5.00. The number of thiazole rings is 1. The smallest absolute Gasteiger partial charge is 0.304 e. The molecule has 0 aliphatic carbocycles. The van der Waals surface area contributed by atoms with E-state index in [0.717, 1.165) is 16.2 Å². The minimum atomic E-state index is -0.746. The fraction of sp³-hybridized carbons (Fsp3) is 0.500. The Morgan fingerprint density at radius 3 is 3.06 bits per heavy atom. The molecule has 0 amide bonds. The van der Waals surface area contributed by atoms with Crippen molar-refractivity contribution >= 4 is 17.3 Å². The van der Waals surface area contributed by atoms with Crippen LogP contribution in [0.15, 0.2) is 16.1 Å². The fourth-order valence-corrected chi connectivity index (χ4v) is 2.25. The Kier molecular flexibility index (Phi) is 3.58. The highest BCUT2D eigenvalue weighted by molar-refractivity contribution is 7.09. The van der Waals surface area contributed by atoms with Gasteiger partial charge in [-0.25, -0.2) is 10.1 Å². The maximum absolute atomic E-state index is 11.0. The van der Waals surface area contributed by atoms with Crippen molar-refractivity contribution < 1.29 is 9.77 Å². The van der Waals surface area contributed by atoms with Crippen molar-refractivity contribution in [3.8, 4) is 0 Å². The molecule has 1 aliphatic rings. The monoisotopic (exact) mass is 273 g/mol. The molecule has 1 fully saturated rings. The molecule has 0 saturated carbocycles. The Hall–Kier alpha value is -1.94.